The van der Waals surface area contributed by atoms with Crippen molar-refractivity contribution < 1.29 is 129 Å². The summed E-state index contributed by atoms with van der Waals surface area (Å²) in [6.07, 6.45) is -33.3. The molecule has 84 heavy (non-hydrogen) atoms. The summed E-state index contributed by atoms with van der Waals surface area (Å²) in [6.45, 7) is 13.3. The number of aliphatic hydroxyl groups excluding tert-OH is 15. The first-order valence-corrected chi connectivity index (χ1v) is 30.6. The fourth-order valence-corrected chi connectivity index (χ4v) is 18.9. The van der Waals surface area contributed by atoms with Crippen molar-refractivity contribution >= 4 is 0 Å². The first-order valence-electron chi connectivity index (χ1n) is 30.6. The minimum Gasteiger partial charge on any atom is -0.394 e. The Bertz CT molecular complexity index is 2280. The maximum absolute atomic E-state index is 12.7. The molecular weight excluding hydrogens is 1110 g/mol. The average molecular weight is 1210 g/mol. The summed E-state index contributed by atoms with van der Waals surface area (Å²) >= 11 is 0. The molecule has 15 N–H and O–H groups in total. The second kappa shape index (κ2) is 23.3. The van der Waals surface area contributed by atoms with Crippen LogP contribution in [0.15, 0.2) is 0 Å². The van der Waals surface area contributed by atoms with Gasteiger partial charge in [0.15, 0.2) is 31.5 Å². The molecule has 11 fully saturated rings. The number of hydrogen-bond acceptors (Lipinski definition) is 26. The maximum Gasteiger partial charge on any atom is 0.187 e. The van der Waals surface area contributed by atoms with Crippen molar-refractivity contribution in [2.24, 2.45) is 50.2 Å². The number of hydrogen-bond donors (Lipinski definition) is 15. The van der Waals surface area contributed by atoms with Crippen molar-refractivity contribution in [1.29, 1.82) is 0 Å². The molecule has 11 rings (SSSR count). The highest BCUT2D eigenvalue weighted by atomic mass is 16.8. The third-order valence-corrected chi connectivity index (χ3v) is 24.0. The lowest BCUT2D eigenvalue weighted by Gasteiger charge is -2.75. The van der Waals surface area contributed by atoms with E-state index in [1.165, 1.54) is 0 Å². The third kappa shape index (κ3) is 10.0. The molecule has 6 saturated heterocycles. The van der Waals surface area contributed by atoms with Crippen LogP contribution in [-0.4, -0.2) is 275 Å². The summed E-state index contributed by atoms with van der Waals surface area (Å²) in [5, 5.41) is 165. The second-order valence-electron chi connectivity index (χ2n) is 29.0. The monoisotopic (exact) mass is 1210 g/mol. The van der Waals surface area contributed by atoms with Gasteiger partial charge in [-0.25, -0.2) is 0 Å². The van der Waals surface area contributed by atoms with Gasteiger partial charge in [-0.3, -0.25) is 0 Å². The second-order valence-corrected chi connectivity index (χ2v) is 29.0. The van der Waals surface area contributed by atoms with Gasteiger partial charge in [-0.2, -0.15) is 0 Å². The summed E-state index contributed by atoms with van der Waals surface area (Å²) in [4.78, 5) is 0. The van der Waals surface area contributed by atoms with Crippen LogP contribution in [0.2, 0.25) is 0 Å². The highest BCUT2D eigenvalue weighted by Gasteiger charge is 2.80. The molecule has 11 aliphatic rings. The number of ether oxygens (including phenoxy) is 11. The molecule has 2 bridgehead atoms. The Morgan fingerprint density at radius 1 is 0.440 bits per heavy atom. The predicted octanol–water partition coefficient (Wildman–Crippen LogP) is -3.25. The molecular formula is C58H96O26. The van der Waals surface area contributed by atoms with Gasteiger partial charge in [-0.1, -0.05) is 48.5 Å². The van der Waals surface area contributed by atoms with Crippen LogP contribution in [-0.2, 0) is 52.1 Å². The van der Waals surface area contributed by atoms with Crippen LogP contribution < -0.4 is 0 Å². The summed E-state index contributed by atoms with van der Waals surface area (Å²) in [5.74, 6) is 0.660. The lowest BCUT2D eigenvalue weighted by molar-refractivity contribution is -0.404. The van der Waals surface area contributed by atoms with Crippen LogP contribution in [0.5, 0.6) is 0 Å². The number of rotatable bonds is 13. The summed E-state index contributed by atoms with van der Waals surface area (Å²) in [6, 6.07) is 0. The van der Waals surface area contributed by atoms with Crippen molar-refractivity contribution in [2.45, 2.75) is 272 Å². The van der Waals surface area contributed by atoms with Crippen LogP contribution >= 0.6 is 0 Å². The zero-order valence-electron chi connectivity index (χ0n) is 49.2. The van der Waals surface area contributed by atoms with Crippen LogP contribution in [0.3, 0.4) is 0 Å². The average Bonchev–Trinajstić information content (AvgIpc) is 1.28. The topological polar surface area (TPSA) is 405 Å². The van der Waals surface area contributed by atoms with Gasteiger partial charge in [-0.15, -0.1) is 0 Å². The molecule has 6 heterocycles. The minimum atomic E-state index is -2.02. The van der Waals surface area contributed by atoms with Gasteiger partial charge in [0.05, 0.1) is 57.5 Å². The standard InChI is InChI=1S/C58H96O26/c1-52(2)14-15-57-23-76-58(31(57)16-52)13-9-30-54(5)11-10-33(53(3,4)29(54)8-12-55(30,6)56(58,7)17-32(57)63)81-50-45(83-49-43(73)40(70)36(66)26(19-60)78-49)38(68)28(22-75-50)80-51-46(84-47-41(71)34(64)24(62)21-74-47)44(37(67)27(20-61)79-51)82-48-42(72)39(69)35(65)25(18-59)77-48/h24-51,59-73H,8-23H2,1-7H3/t24-,25-,26-,27-,28+,29+,30-,31?,32-,33+,34+,35-,36-,37-,38+,39+,40+,41-,42-,43-,44+,45-,46-,47+,48+,49+,50+,51+,54+,55-,56+,57-,58+/m1/s1. The molecule has 5 saturated carbocycles. The molecule has 484 valence electrons. The van der Waals surface area contributed by atoms with Crippen molar-refractivity contribution in [1.82, 2.24) is 0 Å². The van der Waals surface area contributed by atoms with Gasteiger partial charge in [-0.05, 0) is 104 Å². The van der Waals surface area contributed by atoms with E-state index >= 15 is 0 Å². The lowest BCUT2D eigenvalue weighted by Crippen LogP contribution is -2.74. The summed E-state index contributed by atoms with van der Waals surface area (Å²) in [5.41, 5.74) is -1.61. The number of aliphatic hydroxyl groups is 15. The van der Waals surface area contributed by atoms with Crippen molar-refractivity contribution in [2.75, 3.05) is 39.6 Å². The van der Waals surface area contributed by atoms with E-state index in [0.717, 1.165) is 51.4 Å². The first kappa shape index (κ1) is 64.5. The van der Waals surface area contributed by atoms with E-state index in [2.05, 4.69) is 48.5 Å². The Balaban J connectivity index is 0.868. The number of fused-ring (bicyclic) bond motifs is 4. The normalized spacial score (nSPS) is 57.1. The Kier molecular flexibility index (Phi) is 17.9. The zero-order valence-corrected chi connectivity index (χ0v) is 49.2. The van der Waals surface area contributed by atoms with Crippen LogP contribution in [0, 0.1) is 50.2 Å². The van der Waals surface area contributed by atoms with Crippen LogP contribution in [0.25, 0.3) is 0 Å². The molecule has 1 unspecified atom stereocenters. The van der Waals surface area contributed by atoms with E-state index in [4.69, 9.17) is 52.1 Å². The molecule has 26 nitrogen and oxygen atoms in total. The van der Waals surface area contributed by atoms with E-state index in [1.807, 2.05) is 0 Å². The largest absolute Gasteiger partial charge is 0.394 e. The predicted molar refractivity (Wildman–Crippen MR) is 283 cm³/mol. The smallest absolute Gasteiger partial charge is 0.187 e. The quantitative estimate of drug-likeness (QED) is 0.0806. The molecule has 0 amide bonds. The van der Waals surface area contributed by atoms with Gasteiger partial charge in [0.1, 0.15) is 110 Å². The molecule has 0 aromatic carbocycles. The third-order valence-electron chi connectivity index (χ3n) is 24.0. The van der Waals surface area contributed by atoms with Gasteiger partial charge >= 0.3 is 0 Å². The summed E-state index contributed by atoms with van der Waals surface area (Å²) in [7, 11) is 0. The molecule has 6 aliphatic heterocycles. The molecule has 26 heteroatoms. The van der Waals surface area contributed by atoms with Crippen molar-refractivity contribution in [3.05, 3.63) is 0 Å². The van der Waals surface area contributed by atoms with E-state index in [0.29, 0.717) is 19.4 Å². The van der Waals surface area contributed by atoms with Gasteiger partial charge in [0, 0.05) is 10.8 Å². The summed E-state index contributed by atoms with van der Waals surface area (Å²) < 4.78 is 68.8. The fourth-order valence-electron chi connectivity index (χ4n) is 18.9. The fraction of sp³-hybridized carbons (Fsp3) is 1.00. The minimum absolute atomic E-state index is 0.115. The van der Waals surface area contributed by atoms with Crippen LogP contribution in [0.1, 0.15) is 113 Å². The molecule has 1 spiro atoms. The zero-order chi connectivity index (χ0) is 60.8. The van der Waals surface area contributed by atoms with E-state index in [1.54, 1.807) is 0 Å². The Morgan fingerprint density at radius 2 is 1.00 bits per heavy atom. The SMILES string of the molecule is CC1(C)CC[C@]23CO[C@@]4(CC[C@@H]5[C@@]6(C)CC[C@H](O[C@@H]7OC[C@H](O[C@@H]8O[C@H](CO)[C@@H](O)[C@H](O[C@@H]9O[C@H](CO)[C@@H](O)[C@H](O)[C@H]9O)[C@H]8O[C@@H]8OC[C@@H](O)[C@H](O)[C@H]8O)[C@H](O)[C@H]7O[C@@H]7O[C@H](CO)[C@@H](O)[C@H](O)[C@H]7O)C(C)(C)[C@@H]6CC[C@@]5(C)[C@]4(C)C[C@H]2O)C3C1. The first-order chi connectivity index (χ1) is 39.5. The molecule has 0 aromatic rings. The van der Waals surface area contributed by atoms with E-state index < -0.39 is 192 Å². The Hall–Kier alpha value is -1.04. The maximum atomic E-state index is 12.7. The van der Waals surface area contributed by atoms with Gasteiger partial charge in [0.2, 0.25) is 0 Å². The van der Waals surface area contributed by atoms with Gasteiger partial charge in [0.25, 0.3) is 0 Å². The molecule has 5 aliphatic carbocycles. The van der Waals surface area contributed by atoms with Gasteiger partial charge < -0.3 is 129 Å². The van der Waals surface area contributed by atoms with E-state index in [-0.39, 0.29) is 50.4 Å². The highest BCUT2D eigenvalue weighted by Crippen LogP contribution is 2.80. The van der Waals surface area contributed by atoms with Crippen LogP contribution in [0.4, 0.5) is 0 Å². The van der Waals surface area contributed by atoms with Crippen molar-refractivity contribution in [3.63, 3.8) is 0 Å². The van der Waals surface area contributed by atoms with E-state index in [9.17, 15) is 76.6 Å². The Labute approximate surface area is 489 Å². The molecule has 33 atom stereocenters. The highest BCUT2D eigenvalue weighted by molar-refractivity contribution is 5.28. The Morgan fingerprint density at radius 3 is 1.63 bits per heavy atom. The van der Waals surface area contributed by atoms with Crippen molar-refractivity contribution in [3.8, 4) is 0 Å². The molecule has 0 radical (unpaired) electrons. The molecule has 0 aromatic heterocycles. The lowest BCUT2D eigenvalue weighted by atomic mass is 9.30.